The second-order valence-corrected chi connectivity index (χ2v) is 9.63. The van der Waals surface area contributed by atoms with E-state index in [0.717, 1.165) is 41.8 Å². The monoisotopic (exact) mass is 409 g/mol. The molecule has 0 saturated heterocycles. The first-order valence-corrected chi connectivity index (χ1v) is 11.6. The Morgan fingerprint density at radius 1 is 0.966 bits per heavy atom. The SMILES string of the molecule is Cc1cc(C)n(Cc2cccc(CNS(=O)(=O)c3ccc4c(c3)CCCC4)c2)n1. The van der Waals surface area contributed by atoms with Gasteiger partial charge in [-0.25, -0.2) is 13.1 Å². The van der Waals surface area contributed by atoms with E-state index in [1.807, 2.05) is 54.9 Å². The molecular formula is C23H27N3O2S. The molecule has 1 heterocycles. The van der Waals surface area contributed by atoms with Crippen LogP contribution in [0.1, 0.15) is 46.5 Å². The number of nitrogens with zero attached hydrogens (tertiary/aromatic N) is 2. The molecule has 0 atom stereocenters. The van der Waals surface area contributed by atoms with E-state index in [-0.39, 0.29) is 6.54 Å². The molecule has 2 aromatic carbocycles. The van der Waals surface area contributed by atoms with Crippen molar-refractivity contribution in [3.63, 3.8) is 0 Å². The van der Waals surface area contributed by atoms with Gasteiger partial charge in [-0.15, -0.1) is 0 Å². The molecule has 152 valence electrons. The van der Waals surface area contributed by atoms with Crippen LogP contribution in [0, 0.1) is 13.8 Å². The van der Waals surface area contributed by atoms with Crippen LogP contribution in [0.25, 0.3) is 0 Å². The highest BCUT2D eigenvalue weighted by atomic mass is 32.2. The Bertz CT molecular complexity index is 1130. The summed E-state index contributed by atoms with van der Waals surface area (Å²) >= 11 is 0. The van der Waals surface area contributed by atoms with Gasteiger partial charge in [0.15, 0.2) is 0 Å². The van der Waals surface area contributed by atoms with Crippen molar-refractivity contribution in [1.82, 2.24) is 14.5 Å². The summed E-state index contributed by atoms with van der Waals surface area (Å²) < 4.78 is 30.3. The van der Waals surface area contributed by atoms with Crippen molar-refractivity contribution in [1.29, 1.82) is 0 Å². The minimum atomic E-state index is -3.53. The van der Waals surface area contributed by atoms with E-state index < -0.39 is 10.0 Å². The number of rotatable bonds is 6. The number of fused-ring (bicyclic) bond motifs is 1. The van der Waals surface area contributed by atoms with Crippen molar-refractivity contribution in [2.24, 2.45) is 0 Å². The fraction of sp³-hybridized carbons (Fsp3) is 0.348. The van der Waals surface area contributed by atoms with Gasteiger partial charge in [0.1, 0.15) is 0 Å². The van der Waals surface area contributed by atoms with Crippen LogP contribution in [0.15, 0.2) is 53.4 Å². The number of aryl methyl sites for hydroxylation is 4. The molecule has 4 rings (SSSR count). The van der Waals surface area contributed by atoms with Crippen LogP contribution in [-0.4, -0.2) is 18.2 Å². The molecule has 1 aliphatic rings. The average Bonchev–Trinajstić information content (AvgIpc) is 3.03. The highest BCUT2D eigenvalue weighted by Crippen LogP contribution is 2.24. The molecule has 3 aromatic rings. The normalized spacial score (nSPS) is 14.0. The van der Waals surface area contributed by atoms with E-state index in [9.17, 15) is 8.42 Å². The summed E-state index contributed by atoms with van der Waals surface area (Å²) in [5.41, 5.74) is 6.60. The third-order valence-corrected chi connectivity index (χ3v) is 6.92. The summed E-state index contributed by atoms with van der Waals surface area (Å²) in [5.74, 6) is 0. The molecule has 29 heavy (non-hydrogen) atoms. The van der Waals surface area contributed by atoms with Crippen LogP contribution in [0.5, 0.6) is 0 Å². The molecule has 0 aliphatic heterocycles. The Kier molecular flexibility index (Phi) is 5.56. The van der Waals surface area contributed by atoms with Crippen LogP contribution in [0.4, 0.5) is 0 Å². The molecular weight excluding hydrogens is 382 g/mol. The van der Waals surface area contributed by atoms with E-state index in [1.54, 1.807) is 6.07 Å². The number of hydrogen-bond donors (Lipinski definition) is 1. The zero-order valence-electron chi connectivity index (χ0n) is 17.0. The van der Waals surface area contributed by atoms with Gasteiger partial charge in [-0.1, -0.05) is 30.3 Å². The lowest BCUT2D eigenvalue weighted by Gasteiger charge is -2.17. The first kappa shape index (κ1) is 19.9. The average molecular weight is 410 g/mol. The molecule has 5 nitrogen and oxygen atoms in total. The maximum atomic E-state index is 12.8. The van der Waals surface area contributed by atoms with Crippen LogP contribution in [0.2, 0.25) is 0 Å². The summed E-state index contributed by atoms with van der Waals surface area (Å²) in [6.07, 6.45) is 4.33. The Morgan fingerprint density at radius 2 is 1.72 bits per heavy atom. The first-order chi connectivity index (χ1) is 13.9. The van der Waals surface area contributed by atoms with Gasteiger partial charge < -0.3 is 0 Å². The minimum Gasteiger partial charge on any atom is -0.265 e. The number of hydrogen-bond acceptors (Lipinski definition) is 3. The molecule has 0 bridgehead atoms. The summed E-state index contributed by atoms with van der Waals surface area (Å²) in [7, 11) is -3.53. The highest BCUT2D eigenvalue weighted by molar-refractivity contribution is 7.89. The van der Waals surface area contributed by atoms with Crippen molar-refractivity contribution in [3.8, 4) is 0 Å². The molecule has 0 radical (unpaired) electrons. The van der Waals surface area contributed by atoms with E-state index in [1.165, 1.54) is 17.5 Å². The standard InChI is InChI=1S/C23H27N3O2S/c1-17-12-18(2)26(25-17)16-20-7-5-6-19(13-20)15-24-29(27,28)23-11-10-21-8-3-4-9-22(21)14-23/h5-7,10-14,24H,3-4,8-9,15-16H2,1-2H3. The Balaban J connectivity index is 1.46. The lowest BCUT2D eigenvalue weighted by atomic mass is 9.92. The third kappa shape index (κ3) is 4.60. The topological polar surface area (TPSA) is 64.0 Å². The molecule has 0 spiro atoms. The fourth-order valence-corrected chi connectivity index (χ4v) is 5.05. The van der Waals surface area contributed by atoms with Crippen molar-refractivity contribution in [2.75, 3.05) is 0 Å². The predicted molar refractivity (Wildman–Crippen MR) is 114 cm³/mol. The van der Waals surface area contributed by atoms with Crippen LogP contribution >= 0.6 is 0 Å². The Hall–Kier alpha value is -2.44. The largest absolute Gasteiger partial charge is 0.265 e. The van der Waals surface area contributed by atoms with E-state index in [4.69, 9.17) is 0 Å². The smallest absolute Gasteiger partial charge is 0.240 e. The Labute approximate surface area is 172 Å². The van der Waals surface area contributed by atoms with Gasteiger partial charge >= 0.3 is 0 Å². The molecule has 1 aliphatic carbocycles. The predicted octanol–water partition coefficient (Wildman–Crippen LogP) is 3.91. The third-order valence-electron chi connectivity index (χ3n) is 5.52. The first-order valence-electron chi connectivity index (χ1n) is 10.1. The summed E-state index contributed by atoms with van der Waals surface area (Å²) in [6, 6.07) is 15.6. The van der Waals surface area contributed by atoms with Crippen molar-refractivity contribution in [2.45, 2.75) is 57.5 Å². The van der Waals surface area contributed by atoms with E-state index in [0.29, 0.717) is 11.4 Å². The van der Waals surface area contributed by atoms with Crippen molar-refractivity contribution in [3.05, 3.63) is 82.2 Å². The Morgan fingerprint density at radius 3 is 2.48 bits per heavy atom. The molecule has 1 N–H and O–H groups in total. The van der Waals surface area contributed by atoms with E-state index in [2.05, 4.69) is 15.9 Å². The van der Waals surface area contributed by atoms with Gasteiger partial charge in [0, 0.05) is 12.2 Å². The second kappa shape index (κ2) is 8.13. The highest BCUT2D eigenvalue weighted by Gasteiger charge is 2.17. The summed E-state index contributed by atoms with van der Waals surface area (Å²) in [6.45, 7) is 4.96. The lowest BCUT2D eigenvalue weighted by molar-refractivity contribution is 0.580. The molecule has 0 amide bonds. The van der Waals surface area contributed by atoms with Crippen LogP contribution < -0.4 is 4.72 Å². The maximum Gasteiger partial charge on any atom is 0.240 e. The van der Waals surface area contributed by atoms with Crippen molar-refractivity contribution >= 4 is 10.0 Å². The quantitative estimate of drug-likeness (QED) is 0.671. The minimum absolute atomic E-state index is 0.268. The number of sulfonamides is 1. The number of benzene rings is 2. The van der Waals surface area contributed by atoms with Crippen molar-refractivity contribution < 1.29 is 8.42 Å². The van der Waals surface area contributed by atoms with Crippen LogP contribution in [0.3, 0.4) is 0 Å². The lowest BCUT2D eigenvalue weighted by Crippen LogP contribution is -2.23. The molecule has 0 saturated carbocycles. The van der Waals surface area contributed by atoms with Crippen LogP contribution in [-0.2, 0) is 36.0 Å². The van der Waals surface area contributed by atoms with Gasteiger partial charge in [-0.3, -0.25) is 4.68 Å². The van der Waals surface area contributed by atoms with Gasteiger partial charge in [-0.2, -0.15) is 5.10 Å². The van der Waals surface area contributed by atoms with Gasteiger partial charge in [0.25, 0.3) is 0 Å². The van der Waals surface area contributed by atoms with Gasteiger partial charge in [0.2, 0.25) is 10.0 Å². The molecule has 6 heteroatoms. The maximum absolute atomic E-state index is 12.8. The van der Waals surface area contributed by atoms with Gasteiger partial charge in [-0.05, 0) is 80.0 Å². The number of nitrogens with one attached hydrogen (secondary N) is 1. The second-order valence-electron chi connectivity index (χ2n) is 7.87. The van der Waals surface area contributed by atoms with E-state index >= 15 is 0 Å². The molecule has 1 aromatic heterocycles. The summed E-state index contributed by atoms with van der Waals surface area (Å²) in [4.78, 5) is 0.358. The van der Waals surface area contributed by atoms with Gasteiger partial charge in [0.05, 0.1) is 17.1 Å². The fourth-order valence-electron chi connectivity index (χ4n) is 3.98. The summed E-state index contributed by atoms with van der Waals surface area (Å²) in [5, 5.41) is 4.50. The molecule has 0 unspecified atom stereocenters. The number of aromatic nitrogens is 2. The zero-order chi connectivity index (χ0) is 20.4. The molecule has 0 fully saturated rings. The zero-order valence-corrected chi connectivity index (χ0v) is 17.8.